The lowest BCUT2D eigenvalue weighted by molar-refractivity contribution is 0.233. The third-order valence-corrected chi connectivity index (χ3v) is 4.75. The highest BCUT2D eigenvalue weighted by molar-refractivity contribution is 5.80. The van der Waals surface area contributed by atoms with Crippen molar-refractivity contribution in [1.29, 1.82) is 0 Å². The van der Waals surface area contributed by atoms with Crippen LogP contribution in [0.3, 0.4) is 0 Å². The Hall–Kier alpha value is -2.50. The first-order valence-electron chi connectivity index (χ1n) is 8.90. The zero-order valence-electron chi connectivity index (χ0n) is 14.6. The molecular formula is C19H25N3O3. The van der Waals surface area contributed by atoms with Crippen LogP contribution in [0.1, 0.15) is 37.7 Å². The normalized spacial score (nSPS) is 15.1. The summed E-state index contributed by atoms with van der Waals surface area (Å²) in [6.45, 7) is 0.428. The van der Waals surface area contributed by atoms with E-state index < -0.39 is 0 Å². The van der Waals surface area contributed by atoms with Crippen molar-refractivity contribution < 1.29 is 9.53 Å². The van der Waals surface area contributed by atoms with E-state index in [0.29, 0.717) is 18.5 Å². The smallest absolute Gasteiger partial charge is 0.315 e. The van der Waals surface area contributed by atoms with Gasteiger partial charge in [-0.05, 0) is 43.5 Å². The second kappa shape index (κ2) is 8.05. The van der Waals surface area contributed by atoms with Gasteiger partial charge in [0, 0.05) is 29.1 Å². The molecule has 3 N–H and O–H groups in total. The van der Waals surface area contributed by atoms with Gasteiger partial charge in [-0.1, -0.05) is 19.3 Å². The number of hydrogen-bond acceptors (Lipinski definition) is 3. The summed E-state index contributed by atoms with van der Waals surface area (Å²) in [7, 11) is 1.61. The number of fused-ring (bicyclic) bond motifs is 1. The molecule has 1 aromatic heterocycles. The zero-order valence-corrected chi connectivity index (χ0v) is 14.6. The predicted molar refractivity (Wildman–Crippen MR) is 98.2 cm³/mol. The second-order valence-electron chi connectivity index (χ2n) is 6.56. The molecule has 0 bridgehead atoms. The number of benzene rings is 1. The maximum atomic E-state index is 12.2. The zero-order chi connectivity index (χ0) is 17.6. The Labute approximate surface area is 147 Å². The molecule has 134 valence electrons. The molecule has 0 atom stereocenters. The lowest BCUT2D eigenvalue weighted by Crippen LogP contribution is -2.43. The van der Waals surface area contributed by atoms with Crippen LogP contribution in [0.5, 0.6) is 5.75 Å². The van der Waals surface area contributed by atoms with Crippen LogP contribution in [0.25, 0.3) is 10.9 Å². The predicted octanol–water partition coefficient (Wildman–Crippen LogP) is 2.71. The van der Waals surface area contributed by atoms with E-state index in [0.717, 1.165) is 29.5 Å². The molecular weight excluding hydrogens is 318 g/mol. The summed E-state index contributed by atoms with van der Waals surface area (Å²) in [6, 6.07) is 7.52. The molecule has 0 radical (unpaired) electrons. The van der Waals surface area contributed by atoms with Gasteiger partial charge in [-0.25, -0.2) is 4.79 Å². The summed E-state index contributed by atoms with van der Waals surface area (Å²) in [5.41, 5.74) is 1.31. The fourth-order valence-corrected chi connectivity index (χ4v) is 3.34. The summed E-state index contributed by atoms with van der Waals surface area (Å²) in [5, 5.41) is 6.78. The van der Waals surface area contributed by atoms with Crippen LogP contribution in [0.2, 0.25) is 0 Å². The highest BCUT2D eigenvalue weighted by Crippen LogP contribution is 2.19. The van der Waals surface area contributed by atoms with Crippen LogP contribution in [-0.2, 0) is 6.42 Å². The minimum absolute atomic E-state index is 0.118. The van der Waals surface area contributed by atoms with Crippen LogP contribution in [-0.4, -0.2) is 30.7 Å². The molecule has 1 aromatic carbocycles. The number of nitrogens with one attached hydrogen (secondary N) is 3. The molecule has 0 spiro atoms. The molecule has 1 heterocycles. The number of ether oxygens (including phenoxy) is 1. The largest absolute Gasteiger partial charge is 0.497 e. The van der Waals surface area contributed by atoms with Crippen LogP contribution < -0.4 is 20.9 Å². The van der Waals surface area contributed by atoms with Gasteiger partial charge < -0.3 is 20.4 Å². The van der Waals surface area contributed by atoms with Crippen molar-refractivity contribution in [2.75, 3.05) is 13.7 Å². The Morgan fingerprint density at radius 1 is 1.24 bits per heavy atom. The van der Waals surface area contributed by atoms with E-state index in [1.807, 2.05) is 24.3 Å². The van der Waals surface area contributed by atoms with Crippen molar-refractivity contribution in [3.8, 4) is 5.75 Å². The van der Waals surface area contributed by atoms with E-state index in [2.05, 4.69) is 15.6 Å². The number of amides is 2. The number of hydrogen-bond donors (Lipinski definition) is 3. The third-order valence-electron chi connectivity index (χ3n) is 4.75. The molecule has 0 saturated heterocycles. The number of H-pyrrole nitrogens is 1. The van der Waals surface area contributed by atoms with Crippen LogP contribution in [0, 0.1) is 0 Å². The number of aromatic amines is 1. The minimum atomic E-state index is -0.147. The number of methoxy groups -OCH3 is 1. The lowest BCUT2D eigenvalue weighted by atomic mass is 9.96. The molecule has 0 aliphatic heterocycles. The maximum absolute atomic E-state index is 12.2. The van der Waals surface area contributed by atoms with Crippen molar-refractivity contribution in [2.24, 2.45) is 0 Å². The molecule has 6 nitrogen and oxygen atoms in total. The SMILES string of the molecule is COc1ccc2[nH]c(=O)c(CCNC(=O)NC3CCCCC3)cc2c1. The van der Waals surface area contributed by atoms with E-state index in [-0.39, 0.29) is 17.6 Å². The van der Waals surface area contributed by atoms with E-state index in [1.54, 1.807) is 7.11 Å². The summed E-state index contributed by atoms with van der Waals surface area (Å²) in [6.07, 6.45) is 6.22. The van der Waals surface area contributed by atoms with Gasteiger partial charge in [0.05, 0.1) is 7.11 Å². The van der Waals surface area contributed by atoms with Gasteiger partial charge in [-0.3, -0.25) is 4.79 Å². The molecule has 1 saturated carbocycles. The summed E-state index contributed by atoms with van der Waals surface area (Å²) >= 11 is 0. The van der Waals surface area contributed by atoms with Gasteiger partial charge >= 0.3 is 6.03 Å². The molecule has 2 aromatic rings. The topological polar surface area (TPSA) is 83.2 Å². The number of aromatic nitrogens is 1. The number of rotatable bonds is 5. The molecule has 0 unspecified atom stereocenters. The number of carbonyl (C=O) groups is 1. The quantitative estimate of drug-likeness (QED) is 0.780. The Bertz CT molecular complexity index is 794. The van der Waals surface area contributed by atoms with Gasteiger partial charge in [0.2, 0.25) is 0 Å². The van der Waals surface area contributed by atoms with Gasteiger partial charge in [-0.2, -0.15) is 0 Å². The Morgan fingerprint density at radius 2 is 2.04 bits per heavy atom. The molecule has 25 heavy (non-hydrogen) atoms. The fourth-order valence-electron chi connectivity index (χ4n) is 3.34. The molecule has 6 heteroatoms. The molecule has 1 fully saturated rings. The molecule has 1 aliphatic rings. The van der Waals surface area contributed by atoms with Crippen molar-refractivity contribution in [3.63, 3.8) is 0 Å². The Morgan fingerprint density at radius 3 is 2.80 bits per heavy atom. The summed E-state index contributed by atoms with van der Waals surface area (Å²) in [5.74, 6) is 0.746. The van der Waals surface area contributed by atoms with Crippen LogP contribution in [0.15, 0.2) is 29.1 Å². The van der Waals surface area contributed by atoms with Gasteiger partial charge in [0.1, 0.15) is 5.75 Å². The van der Waals surface area contributed by atoms with E-state index in [1.165, 1.54) is 19.3 Å². The number of urea groups is 1. The van der Waals surface area contributed by atoms with Crippen molar-refractivity contribution in [1.82, 2.24) is 15.6 Å². The van der Waals surface area contributed by atoms with E-state index in [4.69, 9.17) is 4.74 Å². The van der Waals surface area contributed by atoms with Crippen molar-refractivity contribution >= 4 is 16.9 Å². The second-order valence-corrected chi connectivity index (χ2v) is 6.56. The first-order valence-corrected chi connectivity index (χ1v) is 8.90. The molecule has 3 rings (SSSR count). The van der Waals surface area contributed by atoms with Gasteiger partial charge in [0.25, 0.3) is 5.56 Å². The monoisotopic (exact) mass is 343 g/mol. The highest BCUT2D eigenvalue weighted by Gasteiger charge is 2.15. The Balaban J connectivity index is 1.57. The number of carbonyl (C=O) groups excluding carboxylic acids is 1. The fraction of sp³-hybridized carbons (Fsp3) is 0.474. The minimum Gasteiger partial charge on any atom is -0.497 e. The Kier molecular flexibility index (Phi) is 5.58. The summed E-state index contributed by atoms with van der Waals surface area (Å²) < 4.78 is 5.22. The summed E-state index contributed by atoms with van der Waals surface area (Å²) in [4.78, 5) is 27.0. The van der Waals surface area contributed by atoms with Crippen LogP contribution in [0.4, 0.5) is 4.79 Å². The first-order chi connectivity index (χ1) is 12.2. The average molecular weight is 343 g/mol. The maximum Gasteiger partial charge on any atom is 0.315 e. The van der Waals surface area contributed by atoms with Crippen molar-refractivity contribution in [3.05, 3.63) is 40.2 Å². The first kappa shape index (κ1) is 17.3. The average Bonchev–Trinajstić information content (AvgIpc) is 2.62. The standard InChI is InChI=1S/C19H25N3O3/c1-25-16-7-8-17-14(12-16)11-13(18(23)22-17)9-10-20-19(24)21-15-5-3-2-4-6-15/h7-8,11-12,15H,2-6,9-10H2,1H3,(H,22,23)(H2,20,21,24). The number of pyridine rings is 1. The van der Waals surface area contributed by atoms with Gasteiger partial charge in [-0.15, -0.1) is 0 Å². The lowest BCUT2D eigenvalue weighted by Gasteiger charge is -2.22. The van der Waals surface area contributed by atoms with E-state index in [9.17, 15) is 9.59 Å². The molecule has 1 aliphatic carbocycles. The van der Waals surface area contributed by atoms with Gasteiger partial charge in [0.15, 0.2) is 0 Å². The molecule has 2 amide bonds. The third kappa shape index (κ3) is 4.53. The van der Waals surface area contributed by atoms with E-state index >= 15 is 0 Å². The highest BCUT2D eigenvalue weighted by atomic mass is 16.5. The van der Waals surface area contributed by atoms with Crippen molar-refractivity contribution in [2.45, 2.75) is 44.6 Å². The van der Waals surface area contributed by atoms with Crippen LogP contribution >= 0.6 is 0 Å².